The molecule has 3 N–H and O–H groups in total. The van der Waals surface area contributed by atoms with E-state index < -0.39 is 0 Å². The zero-order valence-electron chi connectivity index (χ0n) is 11.0. The first-order chi connectivity index (χ1) is 9.16. The maximum Gasteiger partial charge on any atom is 0.222 e. The van der Waals surface area contributed by atoms with E-state index in [4.69, 9.17) is 10.5 Å². The maximum atomic E-state index is 5.79. The van der Waals surface area contributed by atoms with Crippen LogP contribution in [0.4, 0.5) is 11.8 Å². The second-order valence-corrected chi connectivity index (χ2v) is 5.25. The summed E-state index contributed by atoms with van der Waals surface area (Å²) in [5.41, 5.74) is 6.66. The average Bonchev–Trinajstić information content (AvgIpc) is 2.39. The Bertz CT molecular complexity index is 593. The Hall–Kier alpha value is -1.88. The predicted molar refractivity (Wildman–Crippen MR) is 76.0 cm³/mol. The van der Waals surface area contributed by atoms with E-state index >= 15 is 0 Å². The molecule has 3 rings (SSSR count). The highest BCUT2D eigenvalue weighted by Gasteiger charge is 2.28. The molecule has 0 bridgehead atoms. The minimum Gasteiger partial charge on any atom is -0.381 e. The number of rotatable bonds is 2. The number of nitrogens with two attached hydrogens (primary N) is 1. The minimum absolute atomic E-state index is 0.00180. The van der Waals surface area contributed by atoms with Gasteiger partial charge in [-0.25, -0.2) is 4.98 Å². The first kappa shape index (κ1) is 12.2. The van der Waals surface area contributed by atoms with Crippen molar-refractivity contribution in [2.75, 3.05) is 24.3 Å². The molecule has 2 heterocycles. The van der Waals surface area contributed by atoms with E-state index in [-0.39, 0.29) is 5.54 Å². The van der Waals surface area contributed by atoms with Gasteiger partial charge in [-0.05, 0) is 31.9 Å². The summed E-state index contributed by atoms with van der Waals surface area (Å²) in [6.45, 7) is 3.76. The highest BCUT2D eigenvalue weighted by atomic mass is 16.5. The van der Waals surface area contributed by atoms with Crippen LogP contribution in [0.15, 0.2) is 24.3 Å². The Balaban J connectivity index is 2.00. The molecule has 0 unspecified atom stereocenters. The number of ether oxygens (including phenoxy) is 1. The van der Waals surface area contributed by atoms with Crippen LogP contribution in [0.2, 0.25) is 0 Å². The second kappa shape index (κ2) is 4.66. The molecule has 2 aromatic rings. The normalized spacial score (nSPS) is 18.4. The van der Waals surface area contributed by atoms with Gasteiger partial charge < -0.3 is 15.8 Å². The first-order valence-corrected chi connectivity index (χ1v) is 6.54. The number of hydrogen-bond acceptors (Lipinski definition) is 5. The number of nitrogens with zero attached hydrogens (tertiary/aromatic N) is 2. The van der Waals surface area contributed by atoms with Gasteiger partial charge in [0.1, 0.15) is 5.82 Å². The zero-order valence-corrected chi connectivity index (χ0v) is 11.0. The lowest BCUT2D eigenvalue weighted by Gasteiger charge is -2.35. The lowest BCUT2D eigenvalue weighted by atomic mass is 9.92. The van der Waals surface area contributed by atoms with E-state index in [2.05, 4.69) is 22.2 Å². The number of benzene rings is 1. The van der Waals surface area contributed by atoms with Gasteiger partial charge in [0.25, 0.3) is 0 Å². The fourth-order valence-corrected chi connectivity index (χ4v) is 2.42. The molecule has 1 aliphatic heterocycles. The number of para-hydroxylation sites is 1. The van der Waals surface area contributed by atoms with E-state index in [1.165, 1.54) is 0 Å². The molecule has 100 valence electrons. The van der Waals surface area contributed by atoms with Gasteiger partial charge in [0, 0.05) is 24.1 Å². The predicted octanol–water partition coefficient (Wildman–Crippen LogP) is 2.19. The van der Waals surface area contributed by atoms with E-state index in [1.54, 1.807) is 0 Å². The lowest BCUT2D eigenvalue weighted by molar-refractivity contribution is 0.0657. The molecule has 5 heteroatoms. The van der Waals surface area contributed by atoms with E-state index in [0.717, 1.165) is 42.8 Å². The SMILES string of the molecule is CC1(Nc2nc(N)nc3ccccc23)CCOCC1. The van der Waals surface area contributed by atoms with Gasteiger partial charge in [-0.2, -0.15) is 4.98 Å². The quantitative estimate of drug-likeness (QED) is 0.863. The third-order valence-electron chi connectivity index (χ3n) is 3.64. The summed E-state index contributed by atoms with van der Waals surface area (Å²) in [7, 11) is 0. The van der Waals surface area contributed by atoms with E-state index in [9.17, 15) is 0 Å². The summed E-state index contributed by atoms with van der Waals surface area (Å²) in [6.07, 6.45) is 1.93. The Labute approximate surface area is 112 Å². The molecule has 0 atom stereocenters. The van der Waals surface area contributed by atoms with Gasteiger partial charge >= 0.3 is 0 Å². The highest BCUT2D eigenvalue weighted by Crippen LogP contribution is 2.28. The molecule has 19 heavy (non-hydrogen) atoms. The van der Waals surface area contributed by atoms with Crippen LogP contribution in [-0.4, -0.2) is 28.7 Å². The molecule has 1 aromatic heterocycles. The minimum atomic E-state index is 0.00180. The van der Waals surface area contributed by atoms with Crippen molar-refractivity contribution in [3.05, 3.63) is 24.3 Å². The van der Waals surface area contributed by atoms with Gasteiger partial charge in [-0.1, -0.05) is 12.1 Å². The van der Waals surface area contributed by atoms with Crippen molar-refractivity contribution < 1.29 is 4.74 Å². The molecule has 0 amide bonds. The molecular weight excluding hydrogens is 240 g/mol. The largest absolute Gasteiger partial charge is 0.381 e. The highest BCUT2D eigenvalue weighted by molar-refractivity contribution is 5.90. The van der Waals surface area contributed by atoms with Crippen molar-refractivity contribution >= 4 is 22.7 Å². The molecule has 0 spiro atoms. The van der Waals surface area contributed by atoms with Gasteiger partial charge in [-0.3, -0.25) is 0 Å². The Morgan fingerprint density at radius 3 is 2.74 bits per heavy atom. The first-order valence-electron chi connectivity index (χ1n) is 6.54. The fourth-order valence-electron chi connectivity index (χ4n) is 2.42. The summed E-state index contributed by atoms with van der Waals surface area (Å²) >= 11 is 0. The van der Waals surface area contributed by atoms with Crippen LogP contribution in [0, 0.1) is 0 Å². The van der Waals surface area contributed by atoms with Crippen LogP contribution in [0.25, 0.3) is 10.9 Å². The summed E-state index contributed by atoms with van der Waals surface area (Å²) in [5, 5.41) is 4.53. The van der Waals surface area contributed by atoms with E-state index in [1.807, 2.05) is 24.3 Å². The van der Waals surface area contributed by atoms with Crippen LogP contribution in [0.3, 0.4) is 0 Å². The number of anilines is 2. The molecular formula is C14H18N4O. The number of nitrogens with one attached hydrogen (secondary N) is 1. The van der Waals surface area contributed by atoms with Crippen LogP contribution >= 0.6 is 0 Å². The lowest BCUT2D eigenvalue weighted by Crippen LogP contribution is -2.41. The standard InChI is InChI=1S/C14H18N4O/c1-14(6-8-19-9-7-14)18-12-10-4-2-3-5-11(10)16-13(15)17-12/h2-5H,6-9H2,1H3,(H3,15,16,17,18). The molecule has 1 saturated heterocycles. The van der Waals surface area contributed by atoms with E-state index in [0.29, 0.717) is 5.95 Å². The van der Waals surface area contributed by atoms with Crippen LogP contribution in [-0.2, 0) is 4.74 Å². The molecule has 0 radical (unpaired) electrons. The number of fused-ring (bicyclic) bond motifs is 1. The zero-order chi connectivity index (χ0) is 13.3. The van der Waals surface area contributed by atoms with Gasteiger partial charge in [0.15, 0.2) is 0 Å². The van der Waals surface area contributed by atoms with Crippen molar-refractivity contribution in [2.45, 2.75) is 25.3 Å². The summed E-state index contributed by atoms with van der Waals surface area (Å²) in [6, 6.07) is 7.90. The van der Waals surface area contributed by atoms with Crippen LogP contribution in [0.1, 0.15) is 19.8 Å². The molecule has 0 saturated carbocycles. The van der Waals surface area contributed by atoms with Crippen LogP contribution in [0.5, 0.6) is 0 Å². The van der Waals surface area contributed by atoms with Crippen molar-refractivity contribution in [2.24, 2.45) is 0 Å². The van der Waals surface area contributed by atoms with Gasteiger partial charge in [-0.15, -0.1) is 0 Å². The fraction of sp³-hybridized carbons (Fsp3) is 0.429. The average molecular weight is 258 g/mol. The van der Waals surface area contributed by atoms with Gasteiger partial charge in [0.2, 0.25) is 5.95 Å². The summed E-state index contributed by atoms with van der Waals surface area (Å²) < 4.78 is 5.42. The number of hydrogen-bond donors (Lipinski definition) is 2. The Morgan fingerprint density at radius 2 is 1.95 bits per heavy atom. The third kappa shape index (κ3) is 2.46. The molecule has 1 aliphatic rings. The molecule has 0 aliphatic carbocycles. The third-order valence-corrected chi connectivity index (χ3v) is 3.64. The summed E-state index contributed by atoms with van der Waals surface area (Å²) in [5.74, 6) is 1.12. The molecule has 5 nitrogen and oxygen atoms in total. The number of aromatic nitrogens is 2. The van der Waals surface area contributed by atoms with Crippen molar-refractivity contribution in [1.82, 2.24) is 9.97 Å². The monoisotopic (exact) mass is 258 g/mol. The van der Waals surface area contributed by atoms with Crippen molar-refractivity contribution in [3.8, 4) is 0 Å². The Kier molecular flexibility index (Phi) is 2.98. The summed E-state index contributed by atoms with van der Waals surface area (Å²) in [4.78, 5) is 8.61. The Morgan fingerprint density at radius 1 is 1.21 bits per heavy atom. The molecule has 1 aromatic carbocycles. The maximum absolute atomic E-state index is 5.79. The number of nitrogen functional groups attached to an aromatic ring is 1. The van der Waals surface area contributed by atoms with Crippen molar-refractivity contribution in [1.29, 1.82) is 0 Å². The van der Waals surface area contributed by atoms with Crippen LogP contribution < -0.4 is 11.1 Å². The second-order valence-electron chi connectivity index (χ2n) is 5.25. The smallest absolute Gasteiger partial charge is 0.222 e. The molecule has 1 fully saturated rings. The van der Waals surface area contributed by atoms with Gasteiger partial charge in [0.05, 0.1) is 5.52 Å². The van der Waals surface area contributed by atoms with Crippen molar-refractivity contribution in [3.63, 3.8) is 0 Å². The topological polar surface area (TPSA) is 73.1 Å².